The van der Waals surface area contributed by atoms with Gasteiger partial charge < -0.3 is 14.2 Å². The van der Waals surface area contributed by atoms with Crippen molar-refractivity contribution in [2.24, 2.45) is 11.3 Å². The highest BCUT2D eigenvalue weighted by Crippen LogP contribution is 2.51. The van der Waals surface area contributed by atoms with E-state index in [1.165, 1.54) is 101 Å². The minimum Gasteiger partial charge on any atom is -0.488 e. The molecule has 0 saturated heterocycles. The SMILES string of the molecule is CC(C)CC(c1ccc(-c2ccc3c(c2)c2cc(-c4ccc(N(C5=CC=C(c6ccccc6)CC5)c5ccc6c(c5)C(C)(C)c5ccccc5-6)cc4)ccc2n3-c2ccc(OC(C)(C)C)cc2)cc1)C(C)(C)C. The van der Waals surface area contributed by atoms with E-state index in [1.54, 1.807) is 0 Å². The summed E-state index contributed by atoms with van der Waals surface area (Å²) in [5.41, 5.74) is 21.3. The summed E-state index contributed by atoms with van der Waals surface area (Å²) in [6.07, 6.45) is 7.78. The molecule has 366 valence electrons. The first kappa shape index (κ1) is 47.9. The molecule has 0 aliphatic heterocycles. The number of aromatic nitrogens is 1. The van der Waals surface area contributed by atoms with Gasteiger partial charge in [-0.3, -0.25) is 0 Å². The largest absolute Gasteiger partial charge is 0.488 e. The highest BCUT2D eigenvalue weighted by molar-refractivity contribution is 6.11. The number of nitrogens with zero attached hydrogens (tertiary/aromatic N) is 2. The molecule has 3 heteroatoms. The molecule has 8 aromatic carbocycles. The maximum atomic E-state index is 6.26. The standard InChI is InChI=1S/C70H70N2O/c1-46(2)42-64(68(3,4)5)51-22-20-49(21-23-51)52-28-40-66-61(43-52)62-44-53(29-41-67(62)72(66)56-34-37-58(38-35-56)73-69(6,7)8)50-26-32-55(33-27-50)71(54-30-24-48(25-31-54)47-16-12-11-13-17-47)57-36-39-60-59-18-14-15-19-63(59)70(9,10)65(60)45-57/h11-24,26-30,32-41,43-46,64H,25,31,42H2,1-10H3. The Bertz CT molecular complexity index is 3550. The van der Waals surface area contributed by atoms with Crippen molar-refractivity contribution in [2.75, 3.05) is 4.90 Å². The first-order chi connectivity index (χ1) is 35.0. The van der Waals surface area contributed by atoms with Crippen molar-refractivity contribution in [1.29, 1.82) is 0 Å². The Morgan fingerprint density at radius 3 is 1.70 bits per heavy atom. The molecule has 1 atom stereocenters. The Balaban J connectivity index is 0.994. The van der Waals surface area contributed by atoms with E-state index in [0.717, 1.165) is 30.0 Å². The van der Waals surface area contributed by atoms with Crippen LogP contribution in [0.1, 0.15) is 117 Å². The van der Waals surface area contributed by atoms with E-state index in [9.17, 15) is 0 Å². The monoisotopic (exact) mass is 955 g/mol. The summed E-state index contributed by atoms with van der Waals surface area (Å²) in [6, 6.07) is 68.2. The lowest BCUT2D eigenvalue weighted by Crippen LogP contribution is -2.22. The van der Waals surface area contributed by atoms with Crippen LogP contribution in [-0.4, -0.2) is 10.2 Å². The fraction of sp³-hybridized carbons (Fsp3) is 0.257. The Morgan fingerprint density at radius 2 is 1.11 bits per heavy atom. The molecular formula is C70H70N2O. The van der Waals surface area contributed by atoms with E-state index < -0.39 is 0 Å². The van der Waals surface area contributed by atoms with Gasteiger partial charge in [-0.2, -0.15) is 0 Å². The highest BCUT2D eigenvalue weighted by atomic mass is 16.5. The topological polar surface area (TPSA) is 17.4 Å². The third-order valence-electron chi connectivity index (χ3n) is 15.5. The number of hydrogen-bond acceptors (Lipinski definition) is 2. The van der Waals surface area contributed by atoms with Crippen molar-refractivity contribution in [3.63, 3.8) is 0 Å². The Hall–Kier alpha value is -7.36. The van der Waals surface area contributed by atoms with Gasteiger partial charge in [0.1, 0.15) is 11.4 Å². The van der Waals surface area contributed by atoms with Crippen molar-refractivity contribution in [3.05, 3.63) is 222 Å². The van der Waals surface area contributed by atoms with Gasteiger partial charge >= 0.3 is 0 Å². The van der Waals surface area contributed by atoms with Crippen LogP contribution in [0.25, 0.3) is 66.4 Å². The second-order valence-corrected chi connectivity index (χ2v) is 23.7. The van der Waals surface area contributed by atoms with Crippen LogP contribution in [0.15, 0.2) is 200 Å². The quantitative estimate of drug-likeness (QED) is 0.129. The molecule has 2 aliphatic carbocycles. The molecular weight excluding hydrogens is 885 g/mol. The highest BCUT2D eigenvalue weighted by Gasteiger charge is 2.36. The van der Waals surface area contributed by atoms with E-state index in [1.807, 2.05) is 0 Å². The Morgan fingerprint density at radius 1 is 0.534 bits per heavy atom. The van der Waals surface area contributed by atoms with Crippen molar-refractivity contribution in [2.45, 2.75) is 105 Å². The minimum atomic E-state index is -0.277. The first-order valence-corrected chi connectivity index (χ1v) is 26.6. The molecule has 11 rings (SSSR count). The fourth-order valence-corrected chi connectivity index (χ4v) is 11.9. The van der Waals surface area contributed by atoms with E-state index >= 15 is 0 Å². The lowest BCUT2D eigenvalue weighted by molar-refractivity contribution is 0.131. The number of allylic oxidation sites excluding steroid dienone is 4. The normalized spacial score (nSPS) is 14.7. The third-order valence-corrected chi connectivity index (χ3v) is 15.5. The molecule has 3 nitrogen and oxygen atoms in total. The van der Waals surface area contributed by atoms with Crippen molar-refractivity contribution in [3.8, 4) is 44.8 Å². The van der Waals surface area contributed by atoms with Gasteiger partial charge in [-0.05, 0) is 197 Å². The number of ether oxygens (including phenoxy) is 1. The maximum absolute atomic E-state index is 6.26. The van der Waals surface area contributed by atoms with E-state index in [-0.39, 0.29) is 16.4 Å². The molecule has 0 saturated carbocycles. The average Bonchev–Trinajstić information content (AvgIpc) is 3.83. The lowest BCUT2D eigenvalue weighted by Gasteiger charge is -2.32. The van der Waals surface area contributed by atoms with Gasteiger partial charge in [0.15, 0.2) is 0 Å². The zero-order valence-corrected chi connectivity index (χ0v) is 44.6. The molecule has 0 radical (unpaired) electrons. The molecule has 1 heterocycles. The molecule has 1 unspecified atom stereocenters. The number of rotatable bonds is 11. The molecule has 9 aromatic rings. The summed E-state index contributed by atoms with van der Waals surface area (Å²) in [6.45, 7) is 22.8. The molecule has 0 bridgehead atoms. The summed E-state index contributed by atoms with van der Waals surface area (Å²) >= 11 is 0. The van der Waals surface area contributed by atoms with Crippen LogP contribution < -0.4 is 9.64 Å². The predicted octanol–water partition coefficient (Wildman–Crippen LogP) is 19.7. The third kappa shape index (κ3) is 9.24. The van der Waals surface area contributed by atoms with Crippen LogP contribution in [0.5, 0.6) is 5.75 Å². The number of hydrogen-bond donors (Lipinski definition) is 0. The van der Waals surface area contributed by atoms with Crippen LogP contribution in [0.4, 0.5) is 11.4 Å². The average molecular weight is 955 g/mol. The fourth-order valence-electron chi connectivity index (χ4n) is 11.9. The van der Waals surface area contributed by atoms with Crippen molar-refractivity contribution >= 4 is 38.8 Å². The summed E-state index contributed by atoms with van der Waals surface area (Å²) in [5.74, 6) is 2.00. The number of fused-ring (bicyclic) bond motifs is 6. The van der Waals surface area contributed by atoms with Gasteiger partial charge in [-0.15, -0.1) is 0 Å². The van der Waals surface area contributed by atoms with E-state index in [0.29, 0.717) is 11.8 Å². The van der Waals surface area contributed by atoms with Crippen molar-refractivity contribution in [1.82, 2.24) is 4.57 Å². The maximum Gasteiger partial charge on any atom is 0.120 e. The summed E-state index contributed by atoms with van der Waals surface area (Å²) in [4.78, 5) is 2.50. The van der Waals surface area contributed by atoms with Gasteiger partial charge in [0, 0.05) is 38.9 Å². The molecule has 0 amide bonds. The van der Waals surface area contributed by atoms with Crippen LogP contribution in [-0.2, 0) is 5.41 Å². The molecule has 73 heavy (non-hydrogen) atoms. The number of anilines is 2. The Kier molecular flexibility index (Phi) is 12.2. The second-order valence-electron chi connectivity index (χ2n) is 23.7. The predicted molar refractivity (Wildman–Crippen MR) is 312 cm³/mol. The van der Waals surface area contributed by atoms with Crippen LogP contribution in [0, 0.1) is 11.3 Å². The first-order valence-electron chi connectivity index (χ1n) is 26.6. The van der Waals surface area contributed by atoms with Crippen LogP contribution in [0.3, 0.4) is 0 Å². The molecule has 0 N–H and O–H groups in total. The summed E-state index contributed by atoms with van der Waals surface area (Å²) in [7, 11) is 0. The van der Waals surface area contributed by atoms with Crippen LogP contribution in [0.2, 0.25) is 0 Å². The smallest absolute Gasteiger partial charge is 0.120 e. The van der Waals surface area contributed by atoms with Gasteiger partial charge in [0.25, 0.3) is 0 Å². The van der Waals surface area contributed by atoms with Gasteiger partial charge in [0.05, 0.1) is 11.0 Å². The van der Waals surface area contributed by atoms with Crippen LogP contribution >= 0.6 is 0 Å². The zero-order valence-electron chi connectivity index (χ0n) is 44.6. The molecule has 0 fully saturated rings. The zero-order chi connectivity index (χ0) is 50.8. The van der Waals surface area contributed by atoms with Gasteiger partial charge in [0.2, 0.25) is 0 Å². The van der Waals surface area contributed by atoms with Gasteiger partial charge in [-0.25, -0.2) is 0 Å². The summed E-state index contributed by atoms with van der Waals surface area (Å²) in [5, 5.41) is 2.46. The minimum absolute atomic E-state index is 0.0982. The van der Waals surface area contributed by atoms with Crippen molar-refractivity contribution < 1.29 is 4.74 Å². The molecule has 2 aliphatic rings. The van der Waals surface area contributed by atoms with Gasteiger partial charge in [-0.1, -0.05) is 164 Å². The molecule has 1 aromatic heterocycles. The lowest BCUT2D eigenvalue weighted by atomic mass is 9.72. The molecule has 0 spiro atoms. The van der Waals surface area contributed by atoms with E-state index in [4.69, 9.17) is 4.74 Å². The Labute approximate surface area is 434 Å². The second kappa shape index (κ2) is 18.6. The summed E-state index contributed by atoms with van der Waals surface area (Å²) < 4.78 is 8.67. The van der Waals surface area contributed by atoms with E-state index in [2.05, 4.69) is 273 Å². The number of benzene rings is 8.